The molecule has 2 aromatic rings. The lowest BCUT2D eigenvalue weighted by molar-refractivity contribution is -0.137. The van der Waals surface area contributed by atoms with Gasteiger partial charge in [0.2, 0.25) is 0 Å². The van der Waals surface area contributed by atoms with Crippen LogP contribution in [-0.2, 0) is 25.7 Å². The number of morpholine rings is 1. The Morgan fingerprint density at radius 2 is 1.77 bits per heavy atom. The summed E-state index contributed by atoms with van der Waals surface area (Å²) in [4.78, 5) is 13.0. The fourth-order valence-corrected chi connectivity index (χ4v) is 4.15. The van der Waals surface area contributed by atoms with Crippen molar-refractivity contribution in [3.63, 3.8) is 0 Å². The fourth-order valence-electron chi connectivity index (χ4n) is 3.11. The molecule has 7 nitrogen and oxygen atoms in total. The molecule has 0 spiro atoms. The summed E-state index contributed by atoms with van der Waals surface area (Å²) in [7, 11) is -4.17. The molecule has 168 valence electrons. The second-order valence-electron chi connectivity index (χ2n) is 6.68. The number of sulfonamides is 1. The molecule has 1 aliphatic rings. The van der Waals surface area contributed by atoms with E-state index in [0.717, 1.165) is 6.07 Å². The molecular formula is C20H21F3N2O5S. The first kappa shape index (κ1) is 22.9. The number of ether oxygens (including phenoxy) is 2. The van der Waals surface area contributed by atoms with Crippen LogP contribution in [0.5, 0.6) is 0 Å². The third kappa shape index (κ3) is 5.47. The van der Waals surface area contributed by atoms with Gasteiger partial charge in [0.25, 0.3) is 10.0 Å². The van der Waals surface area contributed by atoms with E-state index in [1.807, 2.05) is 0 Å². The van der Waals surface area contributed by atoms with E-state index in [2.05, 4.69) is 4.72 Å². The molecule has 0 radical (unpaired) electrons. The van der Waals surface area contributed by atoms with Crippen molar-refractivity contribution in [1.82, 2.24) is 0 Å². The van der Waals surface area contributed by atoms with E-state index in [-0.39, 0.29) is 28.4 Å². The average Bonchev–Trinajstić information content (AvgIpc) is 2.74. The Kier molecular flexibility index (Phi) is 6.75. The number of carbonyl (C=O) groups excluding carboxylic acids is 1. The molecule has 1 fully saturated rings. The van der Waals surface area contributed by atoms with E-state index in [9.17, 15) is 26.4 Å². The maximum atomic E-state index is 13.6. The van der Waals surface area contributed by atoms with Crippen molar-refractivity contribution in [2.75, 3.05) is 42.5 Å². The van der Waals surface area contributed by atoms with Gasteiger partial charge < -0.3 is 14.4 Å². The molecule has 1 saturated heterocycles. The summed E-state index contributed by atoms with van der Waals surface area (Å²) in [5.74, 6) is -0.604. The molecule has 1 aliphatic heterocycles. The van der Waals surface area contributed by atoms with E-state index in [4.69, 9.17) is 9.47 Å². The standard InChI is InChI=1S/C20H21F3N2O5S/c1-2-30-19(26)14-3-6-16(7-4-14)31(27,28)24-15-5-8-18(17(13-15)20(21,22)23)25-9-11-29-12-10-25/h3-8,13,24H,2,9-12H2,1H3. The number of hydrogen-bond donors (Lipinski definition) is 1. The maximum Gasteiger partial charge on any atom is 0.418 e. The van der Waals surface area contributed by atoms with Gasteiger partial charge in [-0.15, -0.1) is 0 Å². The van der Waals surface area contributed by atoms with Gasteiger partial charge in [0.05, 0.1) is 35.8 Å². The second kappa shape index (κ2) is 9.15. The van der Waals surface area contributed by atoms with Crippen molar-refractivity contribution in [3.8, 4) is 0 Å². The van der Waals surface area contributed by atoms with Gasteiger partial charge in [0.15, 0.2) is 0 Å². The minimum Gasteiger partial charge on any atom is -0.462 e. The first-order chi connectivity index (χ1) is 14.6. The van der Waals surface area contributed by atoms with Crippen LogP contribution in [0, 0.1) is 0 Å². The van der Waals surface area contributed by atoms with Crippen LogP contribution < -0.4 is 9.62 Å². The molecule has 0 aromatic heterocycles. The molecule has 31 heavy (non-hydrogen) atoms. The number of benzene rings is 2. The largest absolute Gasteiger partial charge is 0.462 e. The molecule has 0 saturated carbocycles. The minimum absolute atomic E-state index is 0.0301. The zero-order valence-corrected chi connectivity index (χ0v) is 17.4. The van der Waals surface area contributed by atoms with Crippen LogP contribution in [-0.4, -0.2) is 47.3 Å². The Bertz CT molecular complexity index is 1030. The van der Waals surface area contributed by atoms with Crippen molar-refractivity contribution >= 4 is 27.4 Å². The maximum absolute atomic E-state index is 13.6. The summed E-state index contributed by atoms with van der Waals surface area (Å²) in [6, 6.07) is 8.21. The highest BCUT2D eigenvalue weighted by atomic mass is 32.2. The van der Waals surface area contributed by atoms with Crippen LogP contribution in [0.3, 0.4) is 0 Å². The number of carbonyl (C=O) groups is 1. The molecule has 1 heterocycles. The molecule has 0 unspecified atom stereocenters. The van der Waals surface area contributed by atoms with E-state index >= 15 is 0 Å². The number of halogens is 3. The van der Waals surface area contributed by atoms with Crippen molar-refractivity contribution in [1.29, 1.82) is 0 Å². The normalized spacial score (nSPS) is 14.9. The third-order valence-corrected chi connectivity index (χ3v) is 5.98. The molecule has 3 rings (SSSR count). The van der Waals surface area contributed by atoms with Gasteiger partial charge in [0, 0.05) is 24.5 Å². The Balaban J connectivity index is 1.86. The van der Waals surface area contributed by atoms with Gasteiger partial charge in [-0.25, -0.2) is 13.2 Å². The topological polar surface area (TPSA) is 84.9 Å². The molecular weight excluding hydrogens is 437 g/mol. The number of hydrogen-bond acceptors (Lipinski definition) is 6. The lowest BCUT2D eigenvalue weighted by Crippen LogP contribution is -2.37. The third-order valence-electron chi connectivity index (χ3n) is 4.58. The first-order valence-corrected chi connectivity index (χ1v) is 10.9. The fraction of sp³-hybridized carbons (Fsp3) is 0.350. The summed E-state index contributed by atoms with van der Waals surface area (Å²) >= 11 is 0. The molecule has 0 bridgehead atoms. The van der Waals surface area contributed by atoms with Gasteiger partial charge in [-0.2, -0.15) is 13.2 Å². The summed E-state index contributed by atoms with van der Waals surface area (Å²) in [5.41, 5.74) is -1.03. The zero-order valence-electron chi connectivity index (χ0n) is 16.6. The van der Waals surface area contributed by atoms with E-state index in [0.29, 0.717) is 26.3 Å². The van der Waals surface area contributed by atoms with Crippen LogP contribution in [0.1, 0.15) is 22.8 Å². The number of nitrogens with one attached hydrogen (secondary N) is 1. The number of rotatable bonds is 6. The highest BCUT2D eigenvalue weighted by Gasteiger charge is 2.36. The van der Waals surface area contributed by atoms with Crippen LogP contribution in [0.25, 0.3) is 0 Å². The van der Waals surface area contributed by atoms with Crippen LogP contribution in [0.2, 0.25) is 0 Å². The first-order valence-electron chi connectivity index (χ1n) is 9.46. The molecule has 0 aliphatic carbocycles. The predicted molar refractivity (Wildman–Crippen MR) is 108 cm³/mol. The van der Waals surface area contributed by atoms with E-state index in [1.165, 1.54) is 36.4 Å². The highest BCUT2D eigenvalue weighted by molar-refractivity contribution is 7.92. The summed E-state index contributed by atoms with van der Waals surface area (Å²) in [5, 5.41) is 0. The van der Waals surface area contributed by atoms with Gasteiger partial charge in [-0.3, -0.25) is 4.72 Å². The van der Waals surface area contributed by atoms with E-state index < -0.39 is 27.7 Å². The van der Waals surface area contributed by atoms with Gasteiger partial charge in [-0.1, -0.05) is 0 Å². The lowest BCUT2D eigenvalue weighted by atomic mass is 10.1. The van der Waals surface area contributed by atoms with Crippen molar-refractivity contribution < 1.29 is 35.9 Å². The lowest BCUT2D eigenvalue weighted by Gasteiger charge is -2.31. The molecule has 0 atom stereocenters. The monoisotopic (exact) mass is 458 g/mol. The number of esters is 1. The molecule has 2 aromatic carbocycles. The van der Waals surface area contributed by atoms with Crippen molar-refractivity contribution in [2.45, 2.75) is 18.0 Å². The molecule has 0 amide bonds. The minimum atomic E-state index is -4.67. The Labute approximate surface area is 177 Å². The van der Waals surface area contributed by atoms with E-state index in [1.54, 1.807) is 11.8 Å². The quantitative estimate of drug-likeness (QED) is 0.667. The molecule has 1 N–H and O–H groups in total. The Morgan fingerprint density at radius 3 is 2.35 bits per heavy atom. The second-order valence-corrected chi connectivity index (χ2v) is 8.36. The van der Waals surface area contributed by atoms with Crippen LogP contribution in [0.15, 0.2) is 47.4 Å². The smallest absolute Gasteiger partial charge is 0.418 e. The number of alkyl halides is 3. The predicted octanol–water partition coefficient (Wildman–Crippen LogP) is 3.52. The van der Waals surface area contributed by atoms with Gasteiger partial charge in [-0.05, 0) is 49.4 Å². The van der Waals surface area contributed by atoms with Crippen molar-refractivity contribution in [3.05, 3.63) is 53.6 Å². The summed E-state index contributed by atoms with van der Waals surface area (Å²) < 4.78 is 78.3. The Hall–Kier alpha value is -2.79. The van der Waals surface area contributed by atoms with Gasteiger partial charge in [0.1, 0.15) is 0 Å². The Morgan fingerprint density at radius 1 is 1.13 bits per heavy atom. The zero-order chi connectivity index (χ0) is 22.6. The van der Waals surface area contributed by atoms with Crippen molar-refractivity contribution in [2.24, 2.45) is 0 Å². The number of anilines is 2. The number of nitrogens with zero attached hydrogens (tertiary/aromatic N) is 1. The molecule has 11 heteroatoms. The van der Waals surface area contributed by atoms with Crippen LogP contribution >= 0.6 is 0 Å². The average molecular weight is 458 g/mol. The highest BCUT2D eigenvalue weighted by Crippen LogP contribution is 2.39. The summed E-state index contributed by atoms with van der Waals surface area (Å²) in [6.07, 6.45) is -4.67. The van der Waals surface area contributed by atoms with Crippen LogP contribution in [0.4, 0.5) is 24.5 Å². The summed E-state index contributed by atoms with van der Waals surface area (Å²) in [6.45, 7) is 3.05. The van der Waals surface area contributed by atoms with Gasteiger partial charge >= 0.3 is 12.1 Å². The SMILES string of the molecule is CCOC(=O)c1ccc(S(=O)(=O)Nc2ccc(N3CCOCC3)c(C(F)(F)F)c2)cc1.